The molecule has 3 aromatic rings. The molecule has 0 spiro atoms. The lowest BCUT2D eigenvalue weighted by atomic mass is 10.3. The van der Waals surface area contributed by atoms with Crippen LogP contribution in [0.15, 0.2) is 41.5 Å². The Hall–Kier alpha value is -2.63. The number of hydrogen-bond donors (Lipinski definition) is 2. The summed E-state index contributed by atoms with van der Waals surface area (Å²) in [7, 11) is 0. The smallest absolute Gasteiger partial charge is 0.294 e. The van der Waals surface area contributed by atoms with Gasteiger partial charge in [-0.3, -0.25) is 9.89 Å². The lowest BCUT2D eigenvalue weighted by Crippen LogP contribution is -2.23. The molecule has 0 saturated heterocycles. The van der Waals surface area contributed by atoms with E-state index in [0.717, 1.165) is 11.0 Å². The molecule has 1 aromatic carbocycles. The molecule has 19 heavy (non-hydrogen) atoms. The Morgan fingerprint density at radius 3 is 2.95 bits per heavy atom. The molecule has 0 unspecified atom stereocenters. The second kappa shape index (κ2) is 4.56. The van der Waals surface area contributed by atoms with Crippen molar-refractivity contribution in [2.45, 2.75) is 13.5 Å². The quantitative estimate of drug-likeness (QED) is 0.749. The third kappa shape index (κ3) is 1.97. The number of nitrogens with zero attached hydrogens (tertiary/aromatic N) is 3. The summed E-state index contributed by atoms with van der Waals surface area (Å²) in [5.74, 6) is 0.307. The number of aromatic amines is 1. The van der Waals surface area contributed by atoms with Gasteiger partial charge in [-0.2, -0.15) is 5.10 Å². The summed E-state index contributed by atoms with van der Waals surface area (Å²) in [4.78, 5) is 16.7. The van der Waals surface area contributed by atoms with Crippen LogP contribution in [0.3, 0.4) is 0 Å². The number of aryl methyl sites for hydroxylation is 1. The van der Waals surface area contributed by atoms with Crippen LogP contribution >= 0.6 is 0 Å². The molecule has 0 bridgehead atoms. The Balaban J connectivity index is 2.20. The molecule has 0 fully saturated rings. The summed E-state index contributed by atoms with van der Waals surface area (Å²) in [5.41, 5.74) is 2.20. The highest BCUT2D eigenvalue weighted by Crippen LogP contribution is 2.14. The maximum atomic E-state index is 12.3. The van der Waals surface area contributed by atoms with E-state index in [2.05, 4.69) is 20.5 Å². The fourth-order valence-corrected chi connectivity index (χ4v) is 2.04. The van der Waals surface area contributed by atoms with E-state index in [0.29, 0.717) is 18.1 Å². The summed E-state index contributed by atoms with van der Waals surface area (Å²) >= 11 is 0. The van der Waals surface area contributed by atoms with Crippen LogP contribution in [0, 0.1) is 0 Å². The van der Waals surface area contributed by atoms with Crippen LogP contribution in [0.2, 0.25) is 0 Å². The van der Waals surface area contributed by atoms with E-state index in [1.807, 2.05) is 31.2 Å². The summed E-state index contributed by atoms with van der Waals surface area (Å²) in [6.07, 6.45) is 3.28. The molecule has 2 N–H and O–H groups in total. The number of hydrogen-bond acceptors (Lipinski definition) is 4. The maximum Gasteiger partial charge on any atom is 0.294 e. The first-order valence-electron chi connectivity index (χ1n) is 6.05. The van der Waals surface area contributed by atoms with Crippen molar-refractivity contribution in [2.24, 2.45) is 0 Å². The van der Waals surface area contributed by atoms with Gasteiger partial charge in [0.2, 0.25) is 0 Å². The second-order valence-corrected chi connectivity index (χ2v) is 4.11. The van der Waals surface area contributed by atoms with Gasteiger partial charge in [-0.05, 0) is 19.1 Å². The van der Waals surface area contributed by atoms with E-state index < -0.39 is 0 Å². The highest BCUT2D eigenvalue weighted by atomic mass is 16.1. The number of fused-ring (bicyclic) bond motifs is 1. The van der Waals surface area contributed by atoms with Gasteiger partial charge in [0.25, 0.3) is 5.56 Å². The highest BCUT2D eigenvalue weighted by molar-refractivity contribution is 5.76. The predicted octanol–water partition coefficient (Wildman–Crippen LogP) is 1.88. The fourth-order valence-electron chi connectivity index (χ4n) is 2.04. The average Bonchev–Trinajstić information content (AvgIpc) is 2.93. The minimum atomic E-state index is -0.137. The Morgan fingerprint density at radius 2 is 2.21 bits per heavy atom. The van der Waals surface area contributed by atoms with Crippen LogP contribution in [0.4, 0.5) is 11.5 Å². The molecular formula is C13H13N5O. The van der Waals surface area contributed by atoms with Gasteiger partial charge in [0.05, 0.1) is 22.9 Å². The standard InChI is InChI=1S/C13H13N5O/c1-2-18-11-6-4-3-5-10(11)17-12(13(18)19)16-9-7-14-15-8-9/h3-8H,2H2,1H3,(H,14,15)(H,16,17). The van der Waals surface area contributed by atoms with Crippen LogP contribution in [0.5, 0.6) is 0 Å². The van der Waals surface area contributed by atoms with Crippen molar-refractivity contribution in [3.63, 3.8) is 0 Å². The van der Waals surface area contributed by atoms with Gasteiger partial charge in [-0.15, -0.1) is 0 Å². The van der Waals surface area contributed by atoms with Gasteiger partial charge >= 0.3 is 0 Å². The number of para-hydroxylation sites is 2. The molecule has 0 aliphatic heterocycles. The molecule has 6 heteroatoms. The van der Waals surface area contributed by atoms with Crippen molar-refractivity contribution in [2.75, 3.05) is 5.32 Å². The van der Waals surface area contributed by atoms with Crippen molar-refractivity contribution >= 4 is 22.5 Å². The average molecular weight is 255 g/mol. The van der Waals surface area contributed by atoms with Crippen LogP contribution in [0.25, 0.3) is 11.0 Å². The number of anilines is 2. The molecule has 0 atom stereocenters. The van der Waals surface area contributed by atoms with Crippen LogP contribution < -0.4 is 10.9 Å². The van der Waals surface area contributed by atoms with Crippen LogP contribution in [-0.2, 0) is 6.54 Å². The van der Waals surface area contributed by atoms with Crippen molar-refractivity contribution in [3.05, 3.63) is 47.0 Å². The maximum absolute atomic E-state index is 12.3. The van der Waals surface area contributed by atoms with Gasteiger partial charge in [-0.1, -0.05) is 12.1 Å². The molecule has 0 radical (unpaired) electrons. The van der Waals surface area contributed by atoms with Crippen molar-refractivity contribution in [1.82, 2.24) is 19.7 Å². The lowest BCUT2D eigenvalue weighted by Gasteiger charge is -2.10. The Morgan fingerprint density at radius 1 is 1.37 bits per heavy atom. The minimum absolute atomic E-state index is 0.137. The second-order valence-electron chi connectivity index (χ2n) is 4.11. The van der Waals surface area contributed by atoms with E-state index in [4.69, 9.17) is 0 Å². The zero-order valence-corrected chi connectivity index (χ0v) is 10.4. The fraction of sp³-hybridized carbons (Fsp3) is 0.154. The van der Waals surface area contributed by atoms with E-state index >= 15 is 0 Å². The molecule has 2 aromatic heterocycles. The zero-order chi connectivity index (χ0) is 13.2. The lowest BCUT2D eigenvalue weighted by molar-refractivity contribution is 0.756. The molecule has 6 nitrogen and oxygen atoms in total. The van der Waals surface area contributed by atoms with Gasteiger partial charge in [0.15, 0.2) is 5.82 Å². The molecule has 0 aliphatic rings. The number of nitrogens with one attached hydrogen (secondary N) is 2. The number of H-pyrrole nitrogens is 1. The van der Waals surface area contributed by atoms with Crippen LogP contribution in [0.1, 0.15) is 6.92 Å². The molecule has 0 aliphatic carbocycles. The summed E-state index contributed by atoms with van der Waals surface area (Å²) in [5, 5.41) is 9.50. The first-order valence-corrected chi connectivity index (χ1v) is 6.05. The van der Waals surface area contributed by atoms with Gasteiger partial charge in [0, 0.05) is 12.7 Å². The topological polar surface area (TPSA) is 75.6 Å². The molecular weight excluding hydrogens is 242 g/mol. The van der Waals surface area contributed by atoms with Crippen LogP contribution in [-0.4, -0.2) is 19.7 Å². The number of benzene rings is 1. The van der Waals surface area contributed by atoms with Gasteiger partial charge in [-0.25, -0.2) is 4.98 Å². The summed E-state index contributed by atoms with van der Waals surface area (Å²) in [6.45, 7) is 2.54. The Kier molecular flexibility index (Phi) is 2.75. The van der Waals surface area contributed by atoms with E-state index in [1.165, 1.54) is 0 Å². The number of rotatable bonds is 3. The van der Waals surface area contributed by atoms with Crippen molar-refractivity contribution in [3.8, 4) is 0 Å². The third-order valence-corrected chi connectivity index (χ3v) is 2.93. The molecule has 3 rings (SSSR count). The van der Waals surface area contributed by atoms with E-state index in [1.54, 1.807) is 17.0 Å². The SMILES string of the molecule is CCn1c(=O)c(Nc2cn[nH]c2)nc2ccccc21. The third-order valence-electron chi connectivity index (χ3n) is 2.93. The van der Waals surface area contributed by atoms with E-state index in [-0.39, 0.29) is 5.56 Å². The highest BCUT2D eigenvalue weighted by Gasteiger charge is 2.09. The van der Waals surface area contributed by atoms with Gasteiger partial charge < -0.3 is 9.88 Å². The van der Waals surface area contributed by atoms with Gasteiger partial charge in [0.1, 0.15) is 0 Å². The first-order chi connectivity index (χ1) is 9.29. The normalized spacial score (nSPS) is 10.8. The minimum Gasteiger partial charge on any atom is -0.333 e. The zero-order valence-electron chi connectivity index (χ0n) is 10.4. The van der Waals surface area contributed by atoms with Crippen molar-refractivity contribution < 1.29 is 0 Å². The molecule has 96 valence electrons. The summed E-state index contributed by atoms with van der Waals surface area (Å²) in [6, 6.07) is 7.59. The van der Waals surface area contributed by atoms with E-state index in [9.17, 15) is 4.79 Å². The monoisotopic (exact) mass is 255 g/mol. The largest absolute Gasteiger partial charge is 0.333 e. The first kappa shape index (κ1) is 11.5. The summed E-state index contributed by atoms with van der Waals surface area (Å²) < 4.78 is 1.70. The molecule has 2 heterocycles. The Bertz CT molecular complexity index is 760. The number of aromatic nitrogens is 4. The molecule has 0 saturated carbocycles. The molecule has 0 amide bonds. The Labute approximate surface area is 109 Å². The van der Waals surface area contributed by atoms with Crippen molar-refractivity contribution in [1.29, 1.82) is 0 Å². The predicted molar refractivity (Wildman–Crippen MR) is 73.5 cm³/mol.